The summed E-state index contributed by atoms with van der Waals surface area (Å²) in [4.78, 5) is 1.10. The average Bonchev–Trinajstić information content (AvgIpc) is 3.20. The Kier molecular flexibility index (Phi) is 4.66. The second-order valence-corrected chi connectivity index (χ2v) is 8.73. The van der Waals surface area contributed by atoms with Gasteiger partial charge >= 0.3 is 0 Å². The highest BCUT2D eigenvalue weighted by atomic mass is 32.2. The summed E-state index contributed by atoms with van der Waals surface area (Å²) in [7, 11) is -3.40. The van der Waals surface area contributed by atoms with Crippen LogP contribution in [-0.4, -0.2) is 42.2 Å². The molecule has 1 aromatic heterocycles. The van der Waals surface area contributed by atoms with Gasteiger partial charge < -0.3 is 5.73 Å². The summed E-state index contributed by atoms with van der Waals surface area (Å²) in [6.07, 6.45) is 4.85. The summed E-state index contributed by atoms with van der Waals surface area (Å²) < 4.78 is 29.5. The Morgan fingerprint density at radius 3 is 2.76 bits per heavy atom. The molecule has 2 fully saturated rings. The lowest BCUT2D eigenvalue weighted by Gasteiger charge is -2.37. The van der Waals surface area contributed by atoms with Gasteiger partial charge in [0, 0.05) is 36.6 Å². The first-order chi connectivity index (χ1) is 10.1. The number of rotatable bonds is 6. The van der Waals surface area contributed by atoms with Crippen molar-refractivity contribution in [3.63, 3.8) is 0 Å². The predicted molar refractivity (Wildman–Crippen MR) is 85.2 cm³/mol. The zero-order valence-corrected chi connectivity index (χ0v) is 13.8. The van der Waals surface area contributed by atoms with E-state index in [-0.39, 0.29) is 12.1 Å². The number of thiophene rings is 1. The molecule has 2 heterocycles. The molecule has 2 aliphatic rings. The number of nitrogens with zero attached hydrogens (tertiary/aromatic N) is 2. The molecular formula is C14H23N3O2S2. The van der Waals surface area contributed by atoms with Crippen LogP contribution < -0.4 is 5.73 Å². The van der Waals surface area contributed by atoms with Crippen molar-refractivity contribution < 1.29 is 8.42 Å². The zero-order chi connectivity index (χ0) is 14.9. The van der Waals surface area contributed by atoms with Crippen molar-refractivity contribution in [2.45, 2.75) is 50.7 Å². The van der Waals surface area contributed by atoms with Gasteiger partial charge in [0.05, 0.1) is 0 Å². The summed E-state index contributed by atoms with van der Waals surface area (Å²) in [6.45, 7) is 1.52. The van der Waals surface area contributed by atoms with Crippen LogP contribution in [0.2, 0.25) is 0 Å². The topological polar surface area (TPSA) is 66.6 Å². The fourth-order valence-electron chi connectivity index (χ4n) is 2.97. The molecule has 1 saturated heterocycles. The van der Waals surface area contributed by atoms with Crippen molar-refractivity contribution in [1.82, 2.24) is 8.61 Å². The van der Waals surface area contributed by atoms with E-state index in [4.69, 9.17) is 5.73 Å². The summed E-state index contributed by atoms with van der Waals surface area (Å²) in [5, 5.41) is 2.00. The van der Waals surface area contributed by atoms with Crippen molar-refractivity contribution in [2.24, 2.45) is 5.73 Å². The number of hydrogen-bond donors (Lipinski definition) is 1. The van der Waals surface area contributed by atoms with Gasteiger partial charge in [-0.3, -0.25) is 0 Å². The Morgan fingerprint density at radius 2 is 2.14 bits per heavy atom. The van der Waals surface area contributed by atoms with Gasteiger partial charge in [0.2, 0.25) is 0 Å². The quantitative estimate of drug-likeness (QED) is 0.865. The monoisotopic (exact) mass is 329 g/mol. The van der Waals surface area contributed by atoms with E-state index in [0.717, 1.165) is 37.0 Å². The lowest BCUT2D eigenvalue weighted by Crippen LogP contribution is -2.53. The van der Waals surface area contributed by atoms with Gasteiger partial charge in [-0.1, -0.05) is 12.5 Å². The Morgan fingerprint density at radius 1 is 1.33 bits per heavy atom. The highest BCUT2D eigenvalue weighted by Crippen LogP contribution is 2.34. The molecule has 1 saturated carbocycles. The summed E-state index contributed by atoms with van der Waals surface area (Å²) >= 11 is 1.62. The van der Waals surface area contributed by atoms with Crippen LogP contribution in [0.1, 0.15) is 37.0 Å². The molecular weight excluding hydrogens is 306 g/mol. The van der Waals surface area contributed by atoms with E-state index in [0.29, 0.717) is 19.6 Å². The van der Waals surface area contributed by atoms with Crippen LogP contribution in [0.3, 0.4) is 0 Å². The second-order valence-electron chi connectivity index (χ2n) is 5.86. The molecule has 1 aliphatic carbocycles. The van der Waals surface area contributed by atoms with E-state index >= 15 is 0 Å². The first kappa shape index (κ1) is 15.4. The predicted octanol–water partition coefficient (Wildman–Crippen LogP) is 1.77. The molecule has 2 N–H and O–H groups in total. The minimum Gasteiger partial charge on any atom is -0.329 e. The fraction of sp³-hybridized carbons (Fsp3) is 0.714. The fourth-order valence-corrected chi connectivity index (χ4v) is 5.84. The van der Waals surface area contributed by atoms with Crippen LogP contribution in [0.5, 0.6) is 0 Å². The van der Waals surface area contributed by atoms with E-state index < -0.39 is 10.2 Å². The number of piperidine rings is 1. The third kappa shape index (κ3) is 3.32. The highest BCUT2D eigenvalue weighted by Gasteiger charge is 2.43. The molecule has 0 radical (unpaired) electrons. The summed E-state index contributed by atoms with van der Waals surface area (Å²) in [5.41, 5.74) is 5.80. The number of nitrogens with two attached hydrogens (primary N) is 1. The first-order valence-electron chi connectivity index (χ1n) is 7.64. The minimum atomic E-state index is -3.40. The van der Waals surface area contributed by atoms with Crippen molar-refractivity contribution >= 4 is 21.5 Å². The van der Waals surface area contributed by atoms with Crippen LogP contribution in [-0.2, 0) is 16.8 Å². The van der Waals surface area contributed by atoms with Crippen LogP contribution in [0.25, 0.3) is 0 Å². The van der Waals surface area contributed by atoms with Crippen molar-refractivity contribution in [1.29, 1.82) is 0 Å². The van der Waals surface area contributed by atoms with Crippen LogP contribution in [0, 0.1) is 0 Å². The molecule has 7 heteroatoms. The Bertz CT molecular complexity index is 555. The van der Waals surface area contributed by atoms with Gasteiger partial charge in [-0.15, -0.1) is 11.3 Å². The second kappa shape index (κ2) is 6.34. The molecule has 0 amide bonds. The maximum Gasteiger partial charge on any atom is 0.282 e. The van der Waals surface area contributed by atoms with E-state index in [1.807, 2.05) is 17.5 Å². The van der Waals surface area contributed by atoms with Gasteiger partial charge in [-0.2, -0.15) is 17.0 Å². The van der Waals surface area contributed by atoms with Crippen LogP contribution >= 0.6 is 11.3 Å². The SMILES string of the molecule is NCC1CCCCN1S(=O)(=O)N(Cc1cccs1)C1CC1. The van der Waals surface area contributed by atoms with Gasteiger partial charge in [-0.05, 0) is 37.1 Å². The van der Waals surface area contributed by atoms with Gasteiger partial charge in [0.25, 0.3) is 10.2 Å². The molecule has 0 spiro atoms. The Balaban J connectivity index is 1.82. The average molecular weight is 329 g/mol. The van der Waals surface area contributed by atoms with E-state index in [9.17, 15) is 8.42 Å². The Hall–Kier alpha value is -0.470. The van der Waals surface area contributed by atoms with Crippen LogP contribution in [0.15, 0.2) is 17.5 Å². The minimum absolute atomic E-state index is 0.0339. The van der Waals surface area contributed by atoms with Crippen LogP contribution in [0.4, 0.5) is 0 Å². The third-order valence-electron chi connectivity index (χ3n) is 4.28. The summed E-state index contributed by atoms with van der Waals surface area (Å²) in [6, 6.07) is 4.12. The lowest BCUT2D eigenvalue weighted by atomic mass is 10.1. The molecule has 0 aromatic carbocycles. The molecule has 3 rings (SSSR count). The van der Waals surface area contributed by atoms with E-state index in [1.54, 1.807) is 19.9 Å². The molecule has 1 aromatic rings. The van der Waals surface area contributed by atoms with Crippen molar-refractivity contribution in [2.75, 3.05) is 13.1 Å². The Labute approximate surface area is 130 Å². The van der Waals surface area contributed by atoms with Gasteiger partial charge in [0.1, 0.15) is 0 Å². The number of hydrogen-bond acceptors (Lipinski definition) is 4. The molecule has 1 atom stereocenters. The van der Waals surface area contributed by atoms with Gasteiger partial charge in [0.15, 0.2) is 0 Å². The zero-order valence-electron chi connectivity index (χ0n) is 12.1. The molecule has 5 nitrogen and oxygen atoms in total. The maximum absolute atomic E-state index is 13.1. The van der Waals surface area contributed by atoms with E-state index in [2.05, 4.69) is 0 Å². The highest BCUT2D eigenvalue weighted by molar-refractivity contribution is 7.86. The maximum atomic E-state index is 13.1. The van der Waals surface area contributed by atoms with Crippen molar-refractivity contribution in [3.8, 4) is 0 Å². The third-order valence-corrected chi connectivity index (χ3v) is 7.24. The largest absolute Gasteiger partial charge is 0.329 e. The normalized spacial score (nSPS) is 24.6. The standard InChI is InChI=1S/C14H23N3O2S2/c15-10-13-4-1-2-8-16(13)21(18,19)17(12-6-7-12)11-14-5-3-9-20-14/h3,5,9,12-13H,1-2,4,6-8,10-11,15H2. The first-order valence-corrected chi connectivity index (χ1v) is 9.91. The van der Waals surface area contributed by atoms with E-state index in [1.165, 1.54) is 0 Å². The summed E-state index contributed by atoms with van der Waals surface area (Å²) in [5.74, 6) is 0. The molecule has 1 unspecified atom stereocenters. The molecule has 21 heavy (non-hydrogen) atoms. The van der Waals surface area contributed by atoms with Crippen molar-refractivity contribution in [3.05, 3.63) is 22.4 Å². The molecule has 0 bridgehead atoms. The smallest absolute Gasteiger partial charge is 0.282 e. The lowest BCUT2D eigenvalue weighted by molar-refractivity contribution is 0.232. The molecule has 118 valence electrons. The molecule has 1 aliphatic heterocycles. The van der Waals surface area contributed by atoms with Gasteiger partial charge in [-0.25, -0.2) is 0 Å².